The molecule has 4 nitrogen and oxygen atoms in total. The molecule has 25 heavy (non-hydrogen) atoms. The molecule has 2 fully saturated rings. The summed E-state index contributed by atoms with van der Waals surface area (Å²) in [6.07, 6.45) is 6.24. The van der Waals surface area contributed by atoms with Gasteiger partial charge in [0.2, 0.25) is 0 Å². The first-order valence-corrected chi connectivity index (χ1v) is 9.28. The molecule has 4 heteroatoms. The van der Waals surface area contributed by atoms with E-state index in [0.717, 1.165) is 38.5 Å². The predicted molar refractivity (Wildman–Crippen MR) is 95.3 cm³/mol. The summed E-state index contributed by atoms with van der Waals surface area (Å²) >= 11 is 0. The minimum absolute atomic E-state index is 0.0105. The van der Waals surface area contributed by atoms with Gasteiger partial charge in [-0.2, -0.15) is 0 Å². The monoisotopic (exact) mass is 339 g/mol. The third-order valence-electron chi connectivity index (χ3n) is 5.27. The molecule has 1 saturated carbocycles. The van der Waals surface area contributed by atoms with Crippen LogP contribution in [-0.4, -0.2) is 36.6 Å². The molecule has 1 aromatic heterocycles. The van der Waals surface area contributed by atoms with E-state index >= 15 is 0 Å². The lowest BCUT2D eigenvalue weighted by Crippen LogP contribution is -2.47. The number of furan rings is 1. The number of hydrogen-bond acceptors (Lipinski definition) is 3. The fourth-order valence-corrected chi connectivity index (χ4v) is 3.63. The van der Waals surface area contributed by atoms with Gasteiger partial charge in [0.15, 0.2) is 5.76 Å². The molecule has 1 amide bonds. The van der Waals surface area contributed by atoms with Crippen molar-refractivity contribution < 1.29 is 13.9 Å². The lowest BCUT2D eigenvalue weighted by molar-refractivity contribution is -0.0330. The van der Waals surface area contributed by atoms with E-state index < -0.39 is 0 Å². The molecule has 0 spiro atoms. The number of hydrogen-bond donors (Lipinski definition) is 0. The van der Waals surface area contributed by atoms with E-state index in [4.69, 9.17) is 9.15 Å². The first-order chi connectivity index (χ1) is 12.3. The molecule has 0 bridgehead atoms. The molecule has 2 atom stereocenters. The number of piperidine rings is 1. The van der Waals surface area contributed by atoms with Gasteiger partial charge in [0, 0.05) is 25.6 Å². The van der Waals surface area contributed by atoms with Crippen molar-refractivity contribution in [2.75, 3.05) is 19.7 Å². The number of nitrogens with zero attached hydrogens (tertiary/aromatic N) is 1. The third-order valence-corrected chi connectivity index (χ3v) is 5.27. The maximum absolute atomic E-state index is 12.6. The summed E-state index contributed by atoms with van der Waals surface area (Å²) < 4.78 is 11.5. The molecule has 1 aliphatic carbocycles. The molecular weight excluding hydrogens is 314 g/mol. The quantitative estimate of drug-likeness (QED) is 0.804. The lowest BCUT2D eigenvalue weighted by Gasteiger charge is -2.38. The van der Waals surface area contributed by atoms with Crippen LogP contribution in [0.1, 0.15) is 35.4 Å². The summed E-state index contributed by atoms with van der Waals surface area (Å²) in [7, 11) is 0. The number of rotatable bonds is 6. The summed E-state index contributed by atoms with van der Waals surface area (Å²) in [6.45, 7) is 2.34. The molecule has 2 aromatic rings. The normalized spacial score (nSPS) is 23.6. The Balaban J connectivity index is 1.45. The van der Waals surface area contributed by atoms with Crippen LogP contribution in [0.25, 0.3) is 0 Å². The zero-order valence-electron chi connectivity index (χ0n) is 14.5. The van der Waals surface area contributed by atoms with Crippen molar-refractivity contribution >= 4 is 5.91 Å². The molecule has 2 heterocycles. The standard InChI is InChI=1S/C21H25NO3/c23-21(20-7-4-12-24-20)22-11-10-19(25-15-17-8-9-17)18(14-22)13-16-5-2-1-3-6-16/h1-7,12,17-19H,8-11,13-15H2/t18-,19-/m1/s1. The molecule has 1 saturated heterocycles. The second-order valence-electron chi connectivity index (χ2n) is 7.28. The number of carbonyl (C=O) groups excluding carboxylic acids is 1. The number of amides is 1. The second kappa shape index (κ2) is 7.44. The molecular formula is C21H25NO3. The minimum Gasteiger partial charge on any atom is -0.459 e. The highest BCUT2D eigenvalue weighted by Crippen LogP contribution is 2.32. The van der Waals surface area contributed by atoms with E-state index in [9.17, 15) is 4.79 Å². The van der Waals surface area contributed by atoms with Gasteiger partial charge >= 0.3 is 0 Å². The van der Waals surface area contributed by atoms with Crippen LogP contribution in [0.15, 0.2) is 53.1 Å². The zero-order valence-corrected chi connectivity index (χ0v) is 14.5. The summed E-state index contributed by atoms with van der Waals surface area (Å²) in [5.74, 6) is 1.51. The van der Waals surface area contributed by atoms with E-state index in [1.54, 1.807) is 18.4 Å². The SMILES string of the molecule is O=C(c1ccco1)N1CC[C@@H](OCC2CC2)[C@H](Cc2ccccc2)C1. The number of carbonyl (C=O) groups is 1. The number of ether oxygens (including phenoxy) is 1. The molecule has 0 radical (unpaired) electrons. The highest BCUT2D eigenvalue weighted by molar-refractivity contribution is 5.91. The maximum atomic E-state index is 12.6. The van der Waals surface area contributed by atoms with Gasteiger partial charge in [0.05, 0.1) is 12.4 Å². The molecule has 1 aliphatic heterocycles. The van der Waals surface area contributed by atoms with Gasteiger partial charge in [0.25, 0.3) is 5.91 Å². The van der Waals surface area contributed by atoms with Crippen molar-refractivity contribution in [2.24, 2.45) is 11.8 Å². The van der Waals surface area contributed by atoms with Gasteiger partial charge in [0.1, 0.15) is 0 Å². The van der Waals surface area contributed by atoms with Gasteiger partial charge in [-0.15, -0.1) is 0 Å². The first-order valence-electron chi connectivity index (χ1n) is 9.28. The maximum Gasteiger partial charge on any atom is 0.289 e. The summed E-state index contributed by atoms with van der Waals surface area (Å²) in [5.41, 5.74) is 1.31. The van der Waals surface area contributed by atoms with E-state index in [2.05, 4.69) is 24.3 Å². The minimum atomic E-state index is -0.0105. The average molecular weight is 339 g/mol. The highest BCUT2D eigenvalue weighted by Gasteiger charge is 2.34. The fourth-order valence-electron chi connectivity index (χ4n) is 3.63. The van der Waals surface area contributed by atoms with Crippen LogP contribution in [0.5, 0.6) is 0 Å². The smallest absolute Gasteiger partial charge is 0.289 e. The van der Waals surface area contributed by atoms with Crippen molar-refractivity contribution in [3.63, 3.8) is 0 Å². The van der Waals surface area contributed by atoms with Gasteiger partial charge in [-0.3, -0.25) is 4.79 Å². The first kappa shape index (κ1) is 16.4. The summed E-state index contributed by atoms with van der Waals surface area (Å²) in [5, 5.41) is 0. The van der Waals surface area contributed by atoms with Gasteiger partial charge in [-0.1, -0.05) is 30.3 Å². The van der Waals surface area contributed by atoms with Crippen LogP contribution < -0.4 is 0 Å². The Hall–Kier alpha value is -2.07. The molecule has 132 valence electrons. The Morgan fingerprint density at radius 1 is 1.12 bits per heavy atom. The summed E-state index contributed by atoms with van der Waals surface area (Å²) in [4.78, 5) is 14.6. The van der Waals surface area contributed by atoms with Crippen molar-refractivity contribution in [1.82, 2.24) is 4.90 Å². The Kier molecular flexibility index (Phi) is 4.88. The van der Waals surface area contributed by atoms with Crippen molar-refractivity contribution in [3.8, 4) is 0 Å². The summed E-state index contributed by atoms with van der Waals surface area (Å²) in [6, 6.07) is 14.0. The molecule has 4 rings (SSSR count). The van der Waals surface area contributed by atoms with Crippen LogP contribution >= 0.6 is 0 Å². The van der Waals surface area contributed by atoms with Gasteiger partial charge in [-0.25, -0.2) is 0 Å². The third kappa shape index (κ3) is 4.13. The van der Waals surface area contributed by atoms with Crippen LogP contribution in [0.2, 0.25) is 0 Å². The molecule has 0 unspecified atom stereocenters. The topological polar surface area (TPSA) is 42.7 Å². The molecule has 1 aromatic carbocycles. The van der Waals surface area contributed by atoms with Crippen LogP contribution in [0.3, 0.4) is 0 Å². The number of likely N-dealkylation sites (tertiary alicyclic amines) is 1. The highest BCUT2D eigenvalue weighted by atomic mass is 16.5. The fraction of sp³-hybridized carbons (Fsp3) is 0.476. The number of benzene rings is 1. The van der Waals surface area contributed by atoms with Gasteiger partial charge < -0.3 is 14.1 Å². The van der Waals surface area contributed by atoms with E-state index in [1.807, 2.05) is 11.0 Å². The van der Waals surface area contributed by atoms with Crippen LogP contribution in [0, 0.1) is 11.8 Å². The Labute approximate surface area is 148 Å². The van der Waals surface area contributed by atoms with E-state index in [-0.39, 0.29) is 12.0 Å². The van der Waals surface area contributed by atoms with Crippen molar-refractivity contribution in [1.29, 1.82) is 0 Å². The Bertz CT molecular complexity index is 678. The van der Waals surface area contributed by atoms with Crippen molar-refractivity contribution in [3.05, 3.63) is 60.1 Å². The van der Waals surface area contributed by atoms with Crippen molar-refractivity contribution in [2.45, 2.75) is 31.8 Å². The molecule has 2 aliphatic rings. The Morgan fingerprint density at radius 2 is 1.96 bits per heavy atom. The van der Waals surface area contributed by atoms with Crippen LogP contribution in [-0.2, 0) is 11.2 Å². The van der Waals surface area contributed by atoms with E-state index in [0.29, 0.717) is 11.7 Å². The Morgan fingerprint density at radius 3 is 2.68 bits per heavy atom. The second-order valence-corrected chi connectivity index (χ2v) is 7.28. The van der Waals surface area contributed by atoms with Crippen LogP contribution in [0.4, 0.5) is 0 Å². The average Bonchev–Trinajstić information content (AvgIpc) is 3.31. The molecule has 0 N–H and O–H groups in total. The predicted octanol–water partition coefficient (Wildman–Crippen LogP) is 3.78. The zero-order chi connectivity index (χ0) is 17.1. The largest absolute Gasteiger partial charge is 0.459 e. The lowest BCUT2D eigenvalue weighted by atomic mass is 9.88. The van der Waals surface area contributed by atoms with Gasteiger partial charge in [-0.05, 0) is 49.3 Å². The van der Waals surface area contributed by atoms with E-state index in [1.165, 1.54) is 18.4 Å².